The topological polar surface area (TPSA) is 72.5 Å². The Morgan fingerprint density at radius 1 is 0.964 bits per heavy atom. The Labute approximate surface area is 168 Å². The molecule has 0 bridgehead atoms. The summed E-state index contributed by atoms with van der Waals surface area (Å²) in [6.07, 6.45) is 1.57. The average Bonchev–Trinajstić information content (AvgIpc) is 2.70. The number of nitrogens with zero attached hydrogens (tertiary/aromatic N) is 1. The first kappa shape index (κ1) is 19.5. The summed E-state index contributed by atoms with van der Waals surface area (Å²) in [7, 11) is 3.16. The predicted molar refractivity (Wildman–Crippen MR) is 111 cm³/mol. The van der Waals surface area contributed by atoms with Crippen LogP contribution in [-0.2, 0) is 0 Å². The van der Waals surface area contributed by atoms with E-state index in [0.717, 1.165) is 16.9 Å². The van der Waals surface area contributed by atoms with Crippen molar-refractivity contribution in [2.45, 2.75) is 6.92 Å². The maximum Gasteiger partial charge on any atom is 0.274 e. The molecule has 3 aromatic rings. The molecule has 0 aliphatic carbocycles. The van der Waals surface area contributed by atoms with E-state index >= 15 is 0 Å². The molecule has 1 amide bonds. The molecule has 144 valence electrons. The van der Waals surface area contributed by atoms with Gasteiger partial charge < -0.3 is 20.1 Å². The van der Waals surface area contributed by atoms with Crippen LogP contribution in [0.1, 0.15) is 16.1 Å². The molecule has 0 unspecified atom stereocenters. The second kappa shape index (κ2) is 8.63. The Morgan fingerprint density at radius 2 is 1.71 bits per heavy atom. The molecule has 7 heteroatoms. The van der Waals surface area contributed by atoms with E-state index in [1.54, 1.807) is 50.7 Å². The third kappa shape index (κ3) is 4.53. The third-order valence-electron chi connectivity index (χ3n) is 4.11. The molecule has 0 saturated carbocycles. The smallest absolute Gasteiger partial charge is 0.274 e. The molecule has 6 nitrogen and oxygen atoms in total. The maximum absolute atomic E-state index is 12.6. The van der Waals surface area contributed by atoms with Gasteiger partial charge in [0.2, 0.25) is 0 Å². The monoisotopic (exact) mass is 397 g/mol. The molecule has 3 rings (SSSR count). The van der Waals surface area contributed by atoms with Crippen LogP contribution in [0.2, 0.25) is 5.02 Å². The zero-order chi connectivity index (χ0) is 20.1. The number of carbonyl (C=O) groups excluding carboxylic acids is 1. The number of aryl methyl sites for hydroxylation is 1. The number of amides is 1. The Morgan fingerprint density at radius 3 is 2.46 bits per heavy atom. The standard InChI is InChI=1S/C21H20ClN3O3/c1-13-4-5-14(22)10-17(13)25-21(26)18-11-16(8-9-23-18)24-15-6-7-19(27-2)20(12-15)28-3/h4-12H,1-3H3,(H,23,24)(H,25,26). The molecule has 2 N–H and O–H groups in total. The molecule has 0 radical (unpaired) electrons. The predicted octanol–water partition coefficient (Wildman–Crippen LogP) is 5.06. The molecular formula is C21H20ClN3O3. The van der Waals surface area contributed by atoms with E-state index in [2.05, 4.69) is 15.6 Å². The van der Waals surface area contributed by atoms with Crippen LogP contribution < -0.4 is 20.1 Å². The highest BCUT2D eigenvalue weighted by atomic mass is 35.5. The van der Waals surface area contributed by atoms with Gasteiger partial charge in [0.1, 0.15) is 5.69 Å². The van der Waals surface area contributed by atoms with Gasteiger partial charge in [-0.1, -0.05) is 17.7 Å². The number of pyridine rings is 1. The zero-order valence-electron chi connectivity index (χ0n) is 15.7. The van der Waals surface area contributed by atoms with Crippen LogP contribution in [0.5, 0.6) is 11.5 Å². The summed E-state index contributed by atoms with van der Waals surface area (Å²) in [4.78, 5) is 16.7. The van der Waals surface area contributed by atoms with Gasteiger partial charge in [-0.25, -0.2) is 0 Å². The van der Waals surface area contributed by atoms with Crippen LogP contribution in [-0.4, -0.2) is 25.1 Å². The van der Waals surface area contributed by atoms with Crippen LogP contribution in [0.4, 0.5) is 17.1 Å². The van der Waals surface area contributed by atoms with Crippen LogP contribution in [0.3, 0.4) is 0 Å². The quantitative estimate of drug-likeness (QED) is 0.608. The highest BCUT2D eigenvalue weighted by Crippen LogP contribution is 2.31. The first-order chi connectivity index (χ1) is 13.5. The fraction of sp³-hybridized carbons (Fsp3) is 0.143. The Kier molecular flexibility index (Phi) is 6.01. The molecule has 0 aliphatic heterocycles. The molecule has 0 spiro atoms. The highest BCUT2D eigenvalue weighted by molar-refractivity contribution is 6.31. The number of hydrogen-bond acceptors (Lipinski definition) is 5. The Bertz CT molecular complexity index is 1010. The number of hydrogen-bond donors (Lipinski definition) is 2. The summed E-state index contributed by atoms with van der Waals surface area (Å²) < 4.78 is 10.6. The molecule has 1 aromatic heterocycles. The van der Waals surface area contributed by atoms with E-state index < -0.39 is 0 Å². The SMILES string of the molecule is COc1ccc(Nc2ccnc(C(=O)Nc3cc(Cl)ccc3C)c2)cc1OC. The van der Waals surface area contributed by atoms with E-state index in [-0.39, 0.29) is 11.6 Å². The molecular weight excluding hydrogens is 378 g/mol. The summed E-state index contributed by atoms with van der Waals surface area (Å²) in [5.74, 6) is 0.928. The Balaban J connectivity index is 1.78. The van der Waals surface area contributed by atoms with E-state index in [0.29, 0.717) is 22.2 Å². The van der Waals surface area contributed by atoms with Gasteiger partial charge in [0.05, 0.1) is 14.2 Å². The fourth-order valence-electron chi connectivity index (χ4n) is 2.63. The van der Waals surface area contributed by atoms with Gasteiger partial charge >= 0.3 is 0 Å². The minimum atomic E-state index is -0.318. The van der Waals surface area contributed by atoms with E-state index in [9.17, 15) is 4.79 Å². The minimum Gasteiger partial charge on any atom is -0.493 e. The molecule has 0 atom stereocenters. The summed E-state index contributed by atoms with van der Waals surface area (Å²) in [5, 5.41) is 6.63. The van der Waals surface area contributed by atoms with Crippen molar-refractivity contribution in [3.63, 3.8) is 0 Å². The van der Waals surface area contributed by atoms with Crippen molar-refractivity contribution in [3.8, 4) is 11.5 Å². The number of benzene rings is 2. The fourth-order valence-corrected chi connectivity index (χ4v) is 2.80. The first-order valence-electron chi connectivity index (χ1n) is 8.53. The van der Waals surface area contributed by atoms with Crippen molar-refractivity contribution in [2.24, 2.45) is 0 Å². The van der Waals surface area contributed by atoms with Gasteiger partial charge in [-0.3, -0.25) is 9.78 Å². The summed E-state index contributed by atoms with van der Waals surface area (Å²) in [6, 6.07) is 14.3. The lowest BCUT2D eigenvalue weighted by atomic mass is 10.2. The van der Waals surface area contributed by atoms with Crippen molar-refractivity contribution >= 4 is 34.6 Å². The zero-order valence-corrected chi connectivity index (χ0v) is 16.5. The number of halogens is 1. The molecule has 2 aromatic carbocycles. The average molecular weight is 398 g/mol. The number of ether oxygens (including phenoxy) is 2. The summed E-state index contributed by atoms with van der Waals surface area (Å²) >= 11 is 6.01. The molecule has 0 fully saturated rings. The maximum atomic E-state index is 12.6. The van der Waals surface area contributed by atoms with Crippen LogP contribution in [0.25, 0.3) is 0 Å². The summed E-state index contributed by atoms with van der Waals surface area (Å²) in [5.41, 5.74) is 3.36. The second-order valence-electron chi connectivity index (χ2n) is 6.04. The highest BCUT2D eigenvalue weighted by Gasteiger charge is 2.11. The largest absolute Gasteiger partial charge is 0.493 e. The van der Waals surface area contributed by atoms with E-state index in [4.69, 9.17) is 21.1 Å². The third-order valence-corrected chi connectivity index (χ3v) is 4.35. The molecule has 28 heavy (non-hydrogen) atoms. The van der Waals surface area contributed by atoms with Crippen molar-refractivity contribution in [2.75, 3.05) is 24.9 Å². The molecule has 0 saturated heterocycles. The van der Waals surface area contributed by atoms with Gasteiger partial charge in [-0.05, 0) is 48.9 Å². The van der Waals surface area contributed by atoms with Crippen LogP contribution in [0, 0.1) is 6.92 Å². The lowest BCUT2D eigenvalue weighted by Crippen LogP contribution is -2.14. The minimum absolute atomic E-state index is 0.282. The number of nitrogens with one attached hydrogen (secondary N) is 2. The number of methoxy groups -OCH3 is 2. The lowest BCUT2D eigenvalue weighted by Gasteiger charge is -2.12. The number of aromatic nitrogens is 1. The summed E-state index contributed by atoms with van der Waals surface area (Å²) in [6.45, 7) is 1.90. The van der Waals surface area contributed by atoms with Gasteiger partial charge in [0.25, 0.3) is 5.91 Å². The number of anilines is 3. The molecule has 1 heterocycles. The van der Waals surface area contributed by atoms with Gasteiger partial charge in [0.15, 0.2) is 11.5 Å². The van der Waals surface area contributed by atoms with Gasteiger partial charge in [-0.2, -0.15) is 0 Å². The normalized spacial score (nSPS) is 10.3. The van der Waals surface area contributed by atoms with Crippen LogP contribution >= 0.6 is 11.6 Å². The van der Waals surface area contributed by atoms with E-state index in [1.165, 1.54) is 0 Å². The van der Waals surface area contributed by atoms with Crippen molar-refractivity contribution in [1.82, 2.24) is 4.98 Å². The van der Waals surface area contributed by atoms with Crippen molar-refractivity contribution in [1.29, 1.82) is 0 Å². The van der Waals surface area contributed by atoms with Gasteiger partial charge in [-0.15, -0.1) is 0 Å². The van der Waals surface area contributed by atoms with Crippen molar-refractivity contribution in [3.05, 3.63) is 71.0 Å². The number of carbonyl (C=O) groups is 1. The van der Waals surface area contributed by atoms with Gasteiger partial charge in [0, 0.05) is 34.3 Å². The van der Waals surface area contributed by atoms with Crippen molar-refractivity contribution < 1.29 is 14.3 Å². The Hall–Kier alpha value is -3.25. The number of rotatable bonds is 6. The lowest BCUT2D eigenvalue weighted by molar-refractivity contribution is 0.102. The first-order valence-corrected chi connectivity index (χ1v) is 8.90. The second-order valence-corrected chi connectivity index (χ2v) is 6.47. The molecule has 0 aliphatic rings. The van der Waals surface area contributed by atoms with Crippen LogP contribution in [0.15, 0.2) is 54.7 Å². The van der Waals surface area contributed by atoms with E-state index in [1.807, 2.05) is 25.1 Å².